The molecular formula is C17H23N3O3. The van der Waals surface area contributed by atoms with Crippen LogP contribution >= 0.6 is 0 Å². The normalized spacial score (nSPS) is 23.7. The maximum Gasteiger partial charge on any atom is 0.251 e. The number of rotatable bonds is 4. The van der Waals surface area contributed by atoms with Gasteiger partial charge in [-0.25, -0.2) is 4.90 Å². The van der Waals surface area contributed by atoms with Crippen molar-refractivity contribution < 1.29 is 14.7 Å². The summed E-state index contributed by atoms with van der Waals surface area (Å²) in [6, 6.07) is 7.13. The maximum absolute atomic E-state index is 12.7. The summed E-state index contributed by atoms with van der Waals surface area (Å²) in [5, 5.41) is 8.99. The summed E-state index contributed by atoms with van der Waals surface area (Å²) in [4.78, 5) is 30.6. The number of benzene rings is 1. The topological polar surface area (TPSA) is 64.1 Å². The van der Waals surface area contributed by atoms with Gasteiger partial charge in [0.15, 0.2) is 0 Å². The number of aliphatic hydroxyl groups excluding tert-OH is 1. The number of anilines is 1. The zero-order valence-electron chi connectivity index (χ0n) is 13.4. The van der Waals surface area contributed by atoms with Crippen LogP contribution < -0.4 is 4.90 Å². The van der Waals surface area contributed by atoms with Crippen LogP contribution in [-0.4, -0.2) is 72.1 Å². The van der Waals surface area contributed by atoms with Gasteiger partial charge in [-0.15, -0.1) is 0 Å². The Kier molecular flexibility index (Phi) is 4.75. The molecule has 0 aliphatic carbocycles. The zero-order valence-corrected chi connectivity index (χ0v) is 13.4. The fourth-order valence-electron chi connectivity index (χ4n) is 3.31. The molecule has 3 rings (SSSR count). The van der Waals surface area contributed by atoms with E-state index in [2.05, 4.69) is 9.80 Å². The number of aliphatic hydroxyl groups is 1. The molecule has 6 heteroatoms. The van der Waals surface area contributed by atoms with E-state index in [0.717, 1.165) is 31.7 Å². The quantitative estimate of drug-likeness (QED) is 0.806. The summed E-state index contributed by atoms with van der Waals surface area (Å²) >= 11 is 0. The van der Waals surface area contributed by atoms with Crippen molar-refractivity contribution in [1.29, 1.82) is 0 Å². The third-order valence-electron chi connectivity index (χ3n) is 4.68. The van der Waals surface area contributed by atoms with Crippen LogP contribution in [-0.2, 0) is 9.59 Å². The van der Waals surface area contributed by atoms with E-state index in [1.54, 1.807) is 0 Å². The Balaban J connectivity index is 1.68. The highest BCUT2D eigenvalue weighted by atomic mass is 16.3. The van der Waals surface area contributed by atoms with E-state index in [1.165, 1.54) is 4.90 Å². The fourth-order valence-corrected chi connectivity index (χ4v) is 3.31. The van der Waals surface area contributed by atoms with Crippen molar-refractivity contribution >= 4 is 17.5 Å². The Morgan fingerprint density at radius 2 is 1.74 bits per heavy atom. The summed E-state index contributed by atoms with van der Waals surface area (Å²) in [5.41, 5.74) is 1.76. The molecule has 1 atom stereocenters. The van der Waals surface area contributed by atoms with Gasteiger partial charge in [-0.3, -0.25) is 19.4 Å². The first kappa shape index (κ1) is 16.1. The summed E-state index contributed by atoms with van der Waals surface area (Å²) in [6.07, 6.45) is 0.257. The number of carbonyl (C=O) groups excluding carboxylic acids is 2. The molecule has 0 radical (unpaired) electrons. The van der Waals surface area contributed by atoms with Crippen LogP contribution in [0.2, 0.25) is 0 Å². The predicted octanol–water partition coefficient (Wildman–Crippen LogP) is 0.237. The molecular weight excluding hydrogens is 294 g/mol. The molecule has 2 saturated heterocycles. The molecule has 0 saturated carbocycles. The molecule has 2 aliphatic rings. The van der Waals surface area contributed by atoms with Gasteiger partial charge in [-0.05, 0) is 19.1 Å². The highest BCUT2D eigenvalue weighted by molar-refractivity contribution is 6.22. The molecule has 1 aromatic rings. The van der Waals surface area contributed by atoms with Crippen molar-refractivity contribution in [3.8, 4) is 0 Å². The van der Waals surface area contributed by atoms with Crippen LogP contribution in [0.15, 0.2) is 24.3 Å². The number of piperazine rings is 1. The largest absolute Gasteiger partial charge is 0.395 e. The van der Waals surface area contributed by atoms with Crippen molar-refractivity contribution in [3.63, 3.8) is 0 Å². The number of hydrogen-bond acceptors (Lipinski definition) is 5. The van der Waals surface area contributed by atoms with Crippen molar-refractivity contribution in [2.24, 2.45) is 0 Å². The Labute approximate surface area is 136 Å². The van der Waals surface area contributed by atoms with Crippen LogP contribution in [0.3, 0.4) is 0 Å². The average Bonchev–Trinajstić information content (AvgIpc) is 2.84. The van der Waals surface area contributed by atoms with E-state index >= 15 is 0 Å². The minimum absolute atomic E-state index is 0.116. The summed E-state index contributed by atoms with van der Waals surface area (Å²) in [5.74, 6) is -0.240. The van der Waals surface area contributed by atoms with Gasteiger partial charge in [0.2, 0.25) is 5.91 Å². The van der Waals surface area contributed by atoms with Crippen LogP contribution in [0, 0.1) is 6.92 Å². The van der Waals surface area contributed by atoms with E-state index < -0.39 is 0 Å². The molecule has 1 aromatic carbocycles. The van der Waals surface area contributed by atoms with E-state index in [-0.39, 0.29) is 30.9 Å². The first-order chi connectivity index (χ1) is 11.1. The van der Waals surface area contributed by atoms with Crippen molar-refractivity contribution in [2.75, 3.05) is 44.2 Å². The highest BCUT2D eigenvalue weighted by Gasteiger charge is 2.43. The fraction of sp³-hybridized carbons (Fsp3) is 0.529. The molecule has 2 amide bonds. The lowest BCUT2D eigenvalue weighted by molar-refractivity contribution is -0.123. The number of β-amino-alcohol motifs (C(OH)–C–C–N with tert-alkyl or cyclic N) is 1. The maximum atomic E-state index is 12.7. The van der Waals surface area contributed by atoms with Gasteiger partial charge in [-0.1, -0.05) is 17.7 Å². The molecule has 124 valence electrons. The molecule has 2 heterocycles. The highest BCUT2D eigenvalue weighted by Crippen LogP contribution is 2.26. The average molecular weight is 317 g/mol. The van der Waals surface area contributed by atoms with E-state index in [4.69, 9.17) is 5.11 Å². The molecule has 0 aromatic heterocycles. The van der Waals surface area contributed by atoms with Gasteiger partial charge >= 0.3 is 0 Å². The van der Waals surface area contributed by atoms with Gasteiger partial charge < -0.3 is 5.11 Å². The zero-order chi connectivity index (χ0) is 16.4. The number of amides is 2. The Morgan fingerprint density at radius 1 is 1.09 bits per heavy atom. The van der Waals surface area contributed by atoms with Gasteiger partial charge in [0.1, 0.15) is 0 Å². The second kappa shape index (κ2) is 6.78. The number of carbonyl (C=O) groups is 2. The molecule has 2 fully saturated rings. The number of aryl methyl sites for hydroxylation is 1. The van der Waals surface area contributed by atoms with Crippen LogP contribution in [0.1, 0.15) is 12.0 Å². The van der Waals surface area contributed by atoms with Crippen LogP contribution in [0.25, 0.3) is 0 Å². The van der Waals surface area contributed by atoms with E-state index in [9.17, 15) is 9.59 Å². The van der Waals surface area contributed by atoms with Crippen LogP contribution in [0.4, 0.5) is 5.69 Å². The third-order valence-corrected chi connectivity index (χ3v) is 4.68. The van der Waals surface area contributed by atoms with E-state index in [1.807, 2.05) is 31.2 Å². The smallest absolute Gasteiger partial charge is 0.251 e. The first-order valence-corrected chi connectivity index (χ1v) is 8.11. The van der Waals surface area contributed by atoms with Crippen molar-refractivity contribution in [1.82, 2.24) is 9.80 Å². The molecule has 1 N–H and O–H groups in total. The Hall–Kier alpha value is -1.76. The SMILES string of the molecule is Cc1ccc(N2C(=O)C[C@H](N3CCN(CCO)CC3)C2=O)cc1. The predicted molar refractivity (Wildman–Crippen MR) is 87.2 cm³/mol. The lowest BCUT2D eigenvalue weighted by Gasteiger charge is -2.36. The first-order valence-electron chi connectivity index (χ1n) is 8.11. The summed E-state index contributed by atoms with van der Waals surface area (Å²) in [7, 11) is 0. The summed E-state index contributed by atoms with van der Waals surface area (Å²) in [6.45, 7) is 5.96. The number of hydrogen-bond donors (Lipinski definition) is 1. The van der Waals surface area contributed by atoms with Crippen LogP contribution in [0.5, 0.6) is 0 Å². The number of nitrogens with zero attached hydrogens (tertiary/aromatic N) is 3. The van der Waals surface area contributed by atoms with Crippen molar-refractivity contribution in [2.45, 2.75) is 19.4 Å². The standard InChI is InChI=1S/C17H23N3O3/c1-13-2-4-14(5-3-13)20-16(22)12-15(17(20)23)19-8-6-18(7-9-19)10-11-21/h2-5,15,21H,6-12H2,1H3/t15-/m0/s1. The Bertz CT molecular complexity index is 579. The summed E-state index contributed by atoms with van der Waals surface area (Å²) < 4.78 is 0. The lowest BCUT2D eigenvalue weighted by atomic mass is 10.1. The van der Waals surface area contributed by atoms with Gasteiger partial charge in [0.25, 0.3) is 5.91 Å². The number of imide groups is 1. The van der Waals surface area contributed by atoms with E-state index in [0.29, 0.717) is 12.2 Å². The molecule has 23 heavy (non-hydrogen) atoms. The Morgan fingerprint density at radius 3 is 2.35 bits per heavy atom. The molecule has 2 aliphatic heterocycles. The molecule has 0 spiro atoms. The van der Waals surface area contributed by atoms with Gasteiger partial charge in [0, 0.05) is 32.7 Å². The molecule has 0 unspecified atom stereocenters. The monoisotopic (exact) mass is 317 g/mol. The lowest BCUT2D eigenvalue weighted by Crippen LogP contribution is -2.52. The molecule has 0 bridgehead atoms. The minimum atomic E-state index is -0.347. The van der Waals surface area contributed by atoms with Gasteiger partial charge in [-0.2, -0.15) is 0 Å². The molecule has 6 nitrogen and oxygen atoms in total. The second-order valence-electron chi connectivity index (χ2n) is 6.22. The van der Waals surface area contributed by atoms with Gasteiger partial charge in [0.05, 0.1) is 24.8 Å². The third kappa shape index (κ3) is 3.29. The minimum Gasteiger partial charge on any atom is -0.395 e. The van der Waals surface area contributed by atoms with Crippen molar-refractivity contribution in [3.05, 3.63) is 29.8 Å². The second-order valence-corrected chi connectivity index (χ2v) is 6.22.